The Morgan fingerprint density at radius 1 is 1.20 bits per heavy atom. The van der Waals surface area contributed by atoms with Gasteiger partial charge in [-0.1, -0.05) is 17.7 Å². The van der Waals surface area contributed by atoms with Crippen LogP contribution in [0, 0.1) is 6.92 Å². The van der Waals surface area contributed by atoms with E-state index in [1.54, 1.807) is 30.3 Å². The van der Waals surface area contributed by atoms with Crippen molar-refractivity contribution in [3.05, 3.63) is 54.2 Å². The Kier molecular flexibility index (Phi) is 4.72. The summed E-state index contributed by atoms with van der Waals surface area (Å²) < 4.78 is 10.5. The quantitative estimate of drug-likeness (QED) is 0.559. The number of rotatable bonds is 4. The lowest BCUT2D eigenvalue weighted by Gasteiger charge is -2.13. The number of aromatic nitrogens is 2. The highest BCUT2D eigenvalue weighted by Gasteiger charge is 2.13. The maximum absolute atomic E-state index is 11.3. The molecule has 1 radical (unpaired) electrons. The number of anilines is 2. The summed E-state index contributed by atoms with van der Waals surface area (Å²) >= 11 is 6.05. The van der Waals surface area contributed by atoms with Gasteiger partial charge in [0, 0.05) is 29.1 Å². The van der Waals surface area contributed by atoms with Gasteiger partial charge in [0.15, 0.2) is 11.5 Å². The van der Waals surface area contributed by atoms with Crippen molar-refractivity contribution in [1.29, 1.82) is 0 Å². The second-order valence-electron chi connectivity index (χ2n) is 5.26. The summed E-state index contributed by atoms with van der Waals surface area (Å²) in [6.07, 6.45) is 1.43. The Bertz CT molecular complexity index is 960. The molecule has 1 heterocycles. The molecule has 7 heteroatoms. The van der Waals surface area contributed by atoms with E-state index in [9.17, 15) is 4.79 Å². The molecule has 0 atom stereocenters. The van der Waals surface area contributed by atoms with Gasteiger partial charge in [-0.15, -0.1) is 0 Å². The molecule has 0 saturated heterocycles. The van der Waals surface area contributed by atoms with Crippen LogP contribution in [0.25, 0.3) is 10.9 Å². The highest BCUT2D eigenvalue weighted by molar-refractivity contribution is 6.30. The monoisotopic (exact) mass is 356 g/mol. The van der Waals surface area contributed by atoms with Crippen LogP contribution in [0.5, 0.6) is 11.5 Å². The van der Waals surface area contributed by atoms with E-state index >= 15 is 0 Å². The van der Waals surface area contributed by atoms with E-state index in [1.807, 2.05) is 0 Å². The molecule has 0 aliphatic rings. The normalized spacial score (nSPS) is 10.6. The van der Waals surface area contributed by atoms with Crippen molar-refractivity contribution in [2.45, 2.75) is 6.92 Å². The van der Waals surface area contributed by atoms with Crippen LogP contribution in [0.2, 0.25) is 5.02 Å². The summed E-state index contributed by atoms with van der Waals surface area (Å²) in [6, 6.07) is 8.67. The van der Waals surface area contributed by atoms with Gasteiger partial charge < -0.3 is 14.8 Å². The molecule has 0 bridgehead atoms. The fraction of sp³-hybridized carbons (Fsp3) is 0.111. The van der Waals surface area contributed by atoms with E-state index in [1.165, 1.54) is 20.4 Å². The fourth-order valence-corrected chi connectivity index (χ4v) is 2.52. The zero-order valence-corrected chi connectivity index (χ0v) is 14.4. The first kappa shape index (κ1) is 17.0. The lowest BCUT2D eigenvalue weighted by atomic mass is 10.1. The SMILES string of the molecule is [CH2]c1ccc(Cl)cc1Nc1ncnc2cc(OC)c(OC(C)=O)cc12. The topological polar surface area (TPSA) is 73.3 Å². The van der Waals surface area contributed by atoms with Crippen molar-refractivity contribution in [2.24, 2.45) is 0 Å². The summed E-state index contributed by atoms with van der Waals surface area (Å²) in [5.41, 5.74) is 2.13. The number of halogens is 1. The standard InChI is InChI=1S/C18H15ClN3O3/c1-10-4-5-12(19)6-14(10)22-18-13-7-17(25-11(2)23)16(24-3)8-15(13)20-9-21-18/h4-9H,1H2,2-3H3,(H,20,21,22). The van der Waals surface area contributed by atoms with Gasteiger partial charge in [-0.05, 0) is 30.7 Å². The van der Waals surface area contributed by atoms with Crippen LogP contribution in [0.4, 0.5) is 11.5 Å². The first-order chi connectivity index (χ1) is 12.0. The number of fused-ring (bicyclic) bond motifs is 1. The van der Waals surface area contributed by atoms with Crippen LogP contribution in [0.15, 0.2) is 36.7 Å². The van der Waals surface area contributed by atoms with Crippen LogP contribution in [0.1, 0.15) is 12.5 Å². The third-order valence-corrected chi connectivity index (χ3v) is 3.73. The molecular formula is C18H15ClN3O3. The molecule has 2 aromatic carbocycles. The smallest absolute Gasteiger partial charge is 0.308 e. The van der Waals surface area contributed by atoms with Gasteiger partial charge in [0.05, 0.1) is 12.6 Å². The Morgan fingerprint density at radius 3 is 2.72 bits per heavy atom. The predicted octanol–water partition coefficient (Wildman–Crippen LogP) is 4.14. The maximum Gasteiger partial charge on any atom is 0.308 e. The molecule has 0 saturated carbocycles. The molecule has 1 N–H and O–H groups in total. The van der Waals surface area contributed by atoms with Gasteiger partial charge in [0.2, 0.25) is 0 Å². The summed E-state index contributed by atoms with van der Waals surface area (Å²) in [5.74, 6) is 0.793. The fourth-order valence-electron chi connectivity index (χ4n) is 2.35. The molecule has 1 aromatic heterocycles. The summed E-state index contributed by atoms with van der Waals surface area (Å²) in [5, 5.41) is 4.44. The summed E-state index contributed by atoms with van der Waals surface area (Å²) in [4.78, 5) is 19.8. The molecule has 25 heavy (non-hydrogen) atoms. The zero-order valence-electron chi connectivity index (χ0n) is 13.7. The predicted molar refractivity (Wildman–Crippen MR) is 96.6 cm³/mol. The minimum Gasteiger partial charge on any atom is -0.493 e. The van der Waals surface area contributed by atoms with E-state index in [4.69, 9.17) is 21.1 Å². The highest BCUT2D eigenvalue weighted by atomic mass is 35.5. The molecule has 127 valence electrons. The maximum atomic E-state index is 11.3. The van der Waals surface area contributed by atoms with Crippen molar-refractivity contribution in [3.63, 3.8) is 0 Å². The number of nitrogens with zero attached hydrogens (tertiary/aromatic N) is 2. The number of benzene rings is 2. The van der Waals surface area contributed by atoms with Crippen LogP contribution >= 0.6 is 11.6 Å². The van der Waals surface area contributed by atoms with E-state index in [0.29, 0.717) is 33.2 Å². The number of esters is 1. The van der Waals surface area contributed by atoms with Gasteiger partial charge >= 0.3 is 5.97 Å². The molecule has 0 spiro atoms. The molecule has 0 aliphatic heterocycles. The van der Waals surface area contributed by atoms with Crippen LogP contribution in [0.3, 0.4) is 0 Å². The number of hydrogen-bond acceptors (Lipinski definition) is 6. The van der Waals surface area contributed by atoms with Crippen molar-refractivity contribution >= 4 is 40.0 Å². The van der Waals surface area contributed by atoms with Gasteiger partial charge in [0.25, 0.3) is 0 Å². The van der Waals surface area contributed by atoms with E-state index in [2.05, 4.69) is 22.2 Å². The van der Waals surface area contributed by atoms with Gasteiger partial charge in [-0.25, -0.2) is 9.97 Å². The number of hydrogen-bond donors (Lipinski definition) is 1. The second-order valence-corrected chi connectivity index (χ2v) is 5.70. The third kappa shape index (κ3) is 3.64. The van der Waals surface area contributed by atoms with Crippen LogP contribution < -0.4 is 14.8 Å². The van der Waals surface area contributed by atoms with Crippen molar-refractivity contribution < 1.29 is 14.3 Å². The Hall–Kier alpha value is -2.86. The number of methoxy groups -OCH3 is 1. The minimum absolute atomic E-state index is 0.293. The van der Waals surface area contributed by atoms with Gasteiger partial charge in [-0.2, -0.15) is 0 Å². The van der Waals surface area contributed by atoms with Crippen LogP contribution in [-0.4, -0.2) is 23.0 Å². The zero-order chi connectivity index (χ0) is 18.0. The first-order valence-corrected chi connectivity index (χ1v) is 7.75. The number of carbonyl (C=O) groups is 1. The highest BCUT2D eigenvalue weighted by Crippen LogP contribution is 2.35. The average Bonchev–Trinajstić information content (AvgIpc) is 2.57. The lowest BCUT2D eigenvalue weighted by Crippen LogP contribution is -2.04. The van der Waals surface area contributed by atoms with E-state index < -0.39 is 5.97 Å². The molecular weight excluding hydrogens is 342 g/mol. The summed E-state index contributed by atoms with van der Waals surface area (Å²) in [6.45, 7) is 5.29. The molecule has 3 rings (SSSR count). The minimum atomic E-state index is -0.445. The Labute approximate surface area is 149 Å². The first-order valence-electron chi connectivity index (χ1n) is 7.37. The molecule has 0 fully saturated rings. The molecule has 0 aliphatic carbocycles. The van der Waals surface area contributed by atoms with Gasteiger partial charge in [-0.3, -0.25) is 4.79 Å². The van der Waals surface area contributed by atoms with Crippen molar-refractivity contribution in [1.82, 2.24) is 9.97 Å². The number of ether oxygens (including phenoxy) is 2. The molecule has 3 aromatic rings. The van der Waals surface area contributed by atoms with E-state index in [0.717, 1.165) is 11.3 Å². The molecule has 0 amide bonds. The van der Waals surface area contributed by atoms with Gasteiger partial charge in [0.1, 0.15) is 12.1 Å². The molecule has 6 nitrogen and oxygen atoms in total. The Balaban J connectivity index is 2.12. The van der Waals surface area contributed by atoms with Crippen molar-refractivity contribution in [2.75, 3.05) is 12.4 Å². The van der Waals surface area contributed by atoms with E-state index in [-0.39, 0.29) is 0 Å². The number of nitrogens with one attached hydrogen (secondary N) is 1. The lowest BCUT2D eigenvalue weighted by molar-refractivity contribution is -0.132. The largest absolute Gasteiger partial charge is 0.493 e. The average molecular weight is 357 g/mol. The van der Waals surface area contributed by atoms with Crippen LogP contribution in [-0.2, 0) is 4.79 Å². The third-order valence-electron chi connectivity index (χ3n) is 3.50. The second kappa shape index (κ2) is 6.94. The molecule has 0 unspecified atom stereocenters. The number of carbonyl (C=O) groups excluding carboxylic acids is 1. The summed E-state index contributed by atoms with van der Waals surface area (Å²) in [7, 11) is 1.50. The Morgan fingerprint density at radius 2 is 2.00 bits per heavy atom. The van der Waals surface area contributed by atoms with Crippen molar-refractivity contribution in [3.8, 4) is 11.5 Å².